The minimum Gasteiger partial charge on any atom is -0.380 e. The fourth-order valence-electron chi connectivity index (χ4n) is 1.72. The van der Waals surface area contributed by atoms with Crippen LogP contribution in [0.1, 0.15) is 18.1 Å². The normalized spacial score (nSPS) is 10.4. The molecule has 0 aromatic heterocycles. The molecule has 0 aliphatic heterocycles. The zero-order chi connectivity index (χ0) is 13.0. The molecule has 1 nitrogen and oxygen atoms in total. The van der Waals surface area contributed by atoms with Gasteiger partial charge in [0, 0.05) is 11.0 Å². The zero-order valence-corrected chi connectivity index (χ0v) is 12.6. The van der Waals surface area contributed by atoms with Crippen molar-refractivity contribution in [3.05, 3.63) is 63.1 Å². The lowest BCUT2D eigenvalue weighted by molar-refractivity contribution is 1.11. The van der Waals surface area contributed by atoms with Crippen molar-refractivity contribution in [2.45, 2.75) is 19.9 Å². The van der Waals surface area contributed by atoms with Crippen LogP contribution in [0.4, 0.5) is 5.69 Å². The van der Waals surface area contributed by atoms with E-state index in [2.05, 4.69) is 52.4 Å². The molecule has 2 aromatic rings. The molecule has 18 heavy (non-hydrogen) atoms. The maximum Gasteiger partial charge on any atom is 0.0648 e. The molecule has 0 heterocycles. The predicted octanol–water partition coefficient (Wildman–Crippen LogP) is 5.28. The average molecular weight is 325 g/mol. The van der Waals surface area contributed by atoms with Gasteiger partial charge in [-0.2, -0.15) is 0 Å². The third kappa shape index (κ3) is 3.50. The van der Waals surface area contributed by atoms with Gasteiger partial charge in [-0.05, 0) is 35.7 Å². The first kappa shape index (κ1) is 13.4. The van der Waals surface area contributed by atoms with Crippen molar-refractivity contribution in [3.8, 4) is 0 Å². The van der Waals surface area contributed by atoms with Gasteiger partial charge in [0.15, 0.2) is 0 Å². The molecule has 0 saturated heterocycles. The monoisotopic (exact) mass is 323 g/mol. The second-order valence-electron chi connectivity index (χ2n) is 4.15. The Hall–Kier alpha value is -0.990. The largest absolute Gasteiger partial charge is 0.380 e. The lowest BCUT2D eigenvalue weighted by Crippen LogP contribution is -2.00. The highest BCUT2D eigenvalue weighted by Crippen LogP contribution is 2.26. The summed E-state index contributed by atoms with van der Waals surface area (Å²) < 4.78 is 0.991. The van der Waals surface area contributed by atoms with Crippen molar-refractivity contribution in [2.75, 3.05) is 5.32 Å². The van der Waals surface area contributed by atoms with Gasteiger partial charge in [-0.3, -0.25) is 0 Å². The van der Waals surface area contributed by atoms with Crippen molar-refractivity contribution < 1.29 is 0 Å². The van der Waals surface area contributed by atoms with Crippen LogP contribution in [0.2, 0.25) is 5.02 Å². The first-order chi connectivity index (χ1) is 8.69. The summed E-state index contributed by atoms with van der Waals surface area (Å²) in [6.07, 6.45) is 1.08. The smallest absolute Gasteiger partial charge is 0.0648 e. The second-order valence-corrected chi connectivity index (χ2v) is 5.47. The van der Waals surface area contributed by atoms with Crippen LogP contribution >= 0.6 is 27.5 Å². The van der Waals surface area contributed by atoms with Gasteiger partial charge in [0.25, 0.3) is 0 Å². The van der Waals surface area contributed by atoms with E-state index < -0.39 is 0 Å². The van der Waals surface area contributed by atoms with Crippen LogP contribution in [0.25, 0.3) is 0 Å². The molecule has 3 heteroatoms. The molecule has 0 saturated carbocycles. The highest BCUT2D eigenvalue weighted by Gasteiger charge is 2.00. The third-order valence-corrected chi connectivity index (χ3v) is 3.65. The molecule has 0 atom stereocenters. The number of hydrogen-bond donors (Lipinski definition) is 1. The van der Waals surface area contributed by atoms with E-state index in [0.29, 0.717) is 0 Å². The molecule has 0 aliphatic carbocycles. The second kappa shape index (κ2) is 6.26. The number of benzene rings is 2. The molecule has 1 N–H and O–H groups in total. The van der Waals surface area contributed by atoms with Gasteiger partial charge in [0.2, 0.25) is 0 Å². The van der Waals surface area contributed by atoms with Crippen LogP contribution in [0.5, 0.6) is 0 Å². The lowest BCUT2D eigenvalue weighted by Gasteiger charge is -2.09. The number of anilines is 1. The highest BCUT2D eigenvalue weighted by molar-refractivity contribution is 9.10. The summed E-state index contributed by atoms with van der Waals surface area (Å²) in [6.45, 7) is 2.94. The quantitative estimate of drug-likeness (QED) is 0.807. The predicted molar refractivity (Wildman–Crippen MR) is 82.3 cm³/mol. The van der Waals surface area contributed by atoms with Gasteiger partial charge in [0.1, 0.15) is 0 Å². The average Bonchev–Trinajstić information content (AvgIpc) is 2.38. The number of aryl methyl sites for hydroxylation is 1. The van der Waals surface area contributed by atoms with Crippen LogP contribution in [-0.2, 0) is 13.0 Å². The Morgan fingerprint density at radius 3 is 2.33 bits per heavy atom. The minimum absolute atomic E-state index is 0.731. The van der Waals surface area contributed by atoms with E-state index in [1.54, 1.807) is 0 Å². The molecular formula is C15H15BrClN. The molecule has 0 bridgehead atoms. The third-order valence-electron chi connectivity index (χ3n) is 2.85. The lowest BCUT2D eigenvalue weighted by atomic mass is 10.1. The van der Waals surface area contributed by atoms with Gasteiger partial charge in [-0.25, -0.2) is 0 Å². The Balaban J connectivity index is 2.02. The molecule has 0 amide bonds. The zero-order valence-electron chi connectivity index (χ0n) is 10.2. The van der Waals surface area contributed by atoms with Crippen LogP contribution in [0.15, 0.2) is 46.9 Å². The SMILES string of the molecule is CCc1ccc(CNc2ccc(Br)cc2Cl)cc1. The summed E-state index contributed by atoms with van der Waals surface area (Å²) in [5.74, 6) is 0. The van der Waals surface area contributed by atoms with E-state index in [1.165, 1.54) is 11.1 Å². The topological polar surface area (TPSA) is 12.0 Å². The Bertz CT molecular complexity index is 523. The summed E-state index contributed by atoms with van der Waals surface area (Å²) in [5, 5.41) is 4.07. The van der Waals surface area contributed by atoms with Crippen molar-refractivity contribution in [3.63, 3.8) is 0 Å². The Labute approximate surface area is 121 Å². The van der Waals surface area contributed by atoms with E-state index >= 15 is 0 Å². The Kier molecular flexibility index (Phi) is 4.67. The molecule has 0 spiro atoms. The number of halogens is 2. The van der Waals surface area contributed by atoms with Crippen molar-refractivity contribution in [1.82, 2.24) is 0 Å². The number of hydrogen-bond acceptors (Lipinski definition) is 1. The standard InChI is InChI=1S/C15H15BrClN/c1-2-11-3-5-12(6-4-11)10-18-15-8-7-13(16)9-14(15)17/h3-9,18H,2,10H2,1H3. The summed E-state index contributed by atoms with van der Waals surface area (Å²) in [4.78, 5) is 0. The van der Waals surface area contributed by atoms with E-state index in [9.17, 15) is 0 Å². The summed E-state index contributed by atoms with van der Waals surface area (Å²) in [5.41, 5.74) is 3.58. The van der Waals surface area contributed by atoms with Crippen LogP contribution < -0.4 is 5.32 Å². The molecule has 94 valence electrons. The Morgan fingerprint density at radius 1 is 1.06 bits per heavy atom. The maximum absolute atomic E-state index is 6.15. The first-order valence-corrected chi connectivity index (χ1v) is 7.13. The molecule has 0 unspecified atom stereocenters. The van der Waals surface area contributed by atoms with E-state index in [0.717, 1.165) is 28.1 Å². The Morgan fingerprint density at radius 2 is 1.72 bits per heavy atom. The van der Waals surface area contributed by atoms with E-state index in [-0.39, 0.29) is 0 Å². The summed E-state index contributed by atoms with van der Waals surface area (Å²) >= 11 is 9.55. The first-order valence-electron chi connectivity index (χ1n) is 5.96. The van der Waals surface area contributed by atoms with Crippen LogP contribution in [0, 0.1) is 0 Å². The van der Waals surface area contributed by atoms with E-state index in [4.69, 9.17) is 11.6 Å². The fraction of sp³-hybridized carbons (Fsp3) is 0.200. The van der Waals surface area contributed by atoms with Gasteiger partial charge in [-0.1, -0.05) is 58.7 Å². The van der Waals surface area contributed by atoms with Gasteiger partial charge >= 0.3 is 0 Å². The van der Waals surface area contributed by atoms with Gasteiger partial charge in [-0.15, -0.1) is 0 Å². The van der Waals surface area contributed by atoms with Crippen LogP contribution in [-0.4, -0.2) is 0 Å². The van der Waals surface area contributed by atoms with Crippen LogP contribution in [0.3, 0.4) is 0 Å². The number of nitrogens with one attached hydrogen (secondary N) is 1. The van der Waals surface area contributed by atoms with Gasteiger partial charge in [0.05, 0.1) is 10.7 Å². The van der Waals surface area contributed by atoms with Crippen molar-refractivity contribution in [2.24, 2.45) is 0 Å². The molecule has 2 aromatic carbocycles. The molecule has 0 radical (unpaired) electrons. The summed E-state index contributed by atoms with van der Waals surface area (Å²) in [6, 6.07) is 14.5. The van der Waals surface area contributed by atoms with Crippen molar-refractivity contribution in [1.29, 1.82) is 0 Å². The molecule has 0 fully saturated rings. The molecular weight excluding hydrogens is 310 g/mol. The molecule has 0 aliphatic rings. The summed E-state index contributed by atoms with van der Waals surface area (Å²) in [7, 11) is 0. The van der Waals surface area contributed by atoms with Crippen molar-refractivity contribution >= 4 is 33.2 Å². The maximum atomic E-state index is 6.15. The highest BCUT2D eigenvalue weighted by atomic mass is 79.9. The van der Waals surface area contributed by atoms with E-state index in [1.807, 2.05) is 18.2 Å². The number of rotatable bonds is 4. The molecule has 2 rings (SSSR count). The minimum atomic E-state index is 0.731. The van der Waals surface area contributed by atoms with Gasteiger partial charge < -0.3 is 5.32 Å². The fourth-order valence-corrected chi connectivity index (χ4v) is 2.46.